The van der Waals surface area contributed by atoms with Gasteiger partial charge in [0.1, 0.15) is 5.75 Å². The van der Waals surface area contributed by atoms with Gasteiger partial charge in [-0.25, -0.2) is 10.2 Å². The summed E-state index contributed by atoms with van der Waals surface area (Å²) < 4.78 is 5.36. The van der Waals surface area contributed by atoms with E-state index < -0.39 is 17.8 Å². The summed E-state index contributed by atoms with van der Waals surface area (Å²) in [6.45, 7) is 1.93. The van der Waals surface area contributed by atoms with Crippen molar-refractivity contribution in [3.8, 4) is 5.75 Å². The van der Waals surface area contributed by atoms with Gasteiger partial charge in [-0.1, -0.05) is 49.1 Å². The van der Waals surface area contributed by atoms with Crippen molar-refractivity contribution in [2.75, 3.05) is 5.32 Å². The van der Waals surface area contributed by atoms with E-state index in [2.05, 4.69) is 21.2 Å². The van der Waals surface area contributed by atoms with Gasteiger partial charge in [-0.3, -0.25) is 14.4 Å². The first-order chi connectivity index (χ1) is 18.9. The standard InChI is InChI=1S/C30H30N4O5/c1-20-11-15-22(16-12-20)30(38)39-24-17-13-21(14-18-24)19-31-34-29(37)28(36)33-26-10-6-5-9-25(26)27(35)32-23-7-3-2-4-8-23/h5-6,9-19,23H,2-4,7-8H2,1H3,(H,32,35)(H,33,36)(H,34,37)/b31-19+. The zero-order chi connectivity index (χ0) is 27.6. The highest BCUT2D eigenvalue weighted by molar-refractivity contribution is 6.40. The molecule has 9 heteroatoms. The largest absolute Gasteiger partial charge is 0.423 e. The Morgan fingerprint density at radius 2 is 1.54 bits per heavy atom. The summed E-state index contributed by atoms with van der Waals surface area (Å²) in [5, 5.41) is 9.31. The van der Waals surface area contributed by atoms with Crippen molar-refractivity contribution in [1.29, 1.82) is 0 Å². The molecule has 4 rings (SSSR count). The number of nitrogens with zero attached hydrogens (tertiary/aromatic N) is 1. The van der Waals surface area contributed by atoms with Crippen LogP contribution in [0.5, 0.6) is 5.75 Å². The summed E-state index contributed by atoms with van der Waals surface area (Å²) in [5.41, 5.74) is 4.79. The lowest BCUT2D eigenvalue weighted by Crippen LogP contribution is -2.37. The summed E-state index contributed by atoms with van der Waals surface area (Å²) in [7, 11) is 0. The van der Waals surface area contributed by atoms with Gasteiger partial charge in [-0.2, -0.15) is 5.10 Å². The molecule has 3 aromatic rings. The molecule has 0 unspecified atom stereocenters. The van der Waals surface area contributed by atoms with Gasteiger partial charge in [0.2, 0.25) is 0 Å². The van der Waals surface area contributed by atoms with Gasteiger partial charge in [0.25, 0.3) is 5.91 Å². The predicted octanol–water partition coefficient (Wildman–Crippen LogP) is 4.37. The second-order valence-electron chi connectivity index (χ2n) is 9.33. The van der Waals surface area contributed by atoms with E-state index in [1.54, 1.807) is 60.7 Å². The number of benzene rings is 3. The normalized spacial score (nSPS) is 13.5. The molecule has 1 aliphatic rings. The van der Waals surface area contributed by atoms with Crippen LogP contribution in [0, 0.1) is 6.92 Å². The number of carbonyl (C=O) groups excluding carboxylic acids is 4. The fourth-order valence-electron chi connectivity index (χ4n) is 4.17. The van der Waals surface area contributed by atoms with Crippen LogP contribution >= 0.6 is 0 Å². The van der Waals surface area contributed by atoms with E-state index in [1.807, 2.05) is 19.1 Å². The molecule has 0 atom stereocenters. The van der Waals surface area contributed by atoms with Crippen LogP contribution in [0.2, 0.25) is 0 Å². The Morgan fingerprint density at radius 1 is 0.846 bits per heavy atom. The van der Waals surface area contributed by atoms with Crippen molar-refractivity contribution < 1.29 is 23.9 Å². The summed E-state index contributed by atoms with van der Waals surface area (Å²) in [6.07, 6.45) is 6.55. The summed E-state index contributed by atoms with van der Waals surface area (Å²) in [4.78, 5) is 49.7. The number of amides is 3. The molecule has 3 aromatic carbocycles. The average molecular weight is 527 g/mol. The number of para-hydroxylation sites is 1. The van der Waals surface area contributed by atoms with Gasteiger partial charge in [-0.05, 0) is 73.9 Å². The highest BCUT2D eigenvalue weighted by Crippen LogP contribution is 2.20. The monoisotopic (exact) mass is 526 g/mol. The van der Waals surface area contributed by atoms with Crippen LogP contribution in [0.4, 0.5) is 5.69 Å². The molecule has 39 heavy (non-hydrogen) atoms. The molecule has 9 nitrogen and oxygen atoms in total. The third kappa shape index (κ3) is 7.85. The van der Waals surface area contributed by atoms with E-state index in [0.717, 1.165) is 31.2 Å². The average Bonchev–Trinajstić information content (AvgIpc) is 2.95. The first kappa shape index (κ1) is 27.3. The number of rotatable bonds is 7. The van der Waals surface area contributed by atoms with Crippen molar-refractivity contribution in [3.05, 3.63) is 95.1 Å². The van der Waals surface area contributed by atoms with Crippen molar-refractivity contribution in [2.45, 2.75) is 45.1 Å². The molecule has 1 fully saturated rings. The number of esters is 1. The van der Waals surface area contributed by atoms with Crippen LogP contribution in [0.25, 0.3) is 0 Å². The predicted molar refractivity (Wildman–Crippen MR) is 148 cm³/mol. The SMILES string of the molecule is Cc1ccc(C(=O)Oc2ccc(/C=N/NC(=O)C(=O)Nc3ccccc3C(=O)NC3CCCCC3)cc2)cc1. The number of hydrogen-bond donors (Lipinski definition) is 3. The smallest absolute Gasteiger partial charge is 0.343 e. The fraction of sp³-hybridized carbons (Fsp3) is 0.233. The highest BCUT2D eigenvalue weighted by Gasteiger charge is 2.21. The third-order valence-corrected chi connectivity index (χ3v) is 6.32. The van der Waals surface area contributed by atoms with Gasteiger partial charge in [0.15, 0.2) is 0 Å². The van der Waals surface area contributed by atoms with Crippen LogP contribution in [0.15, 0.2) is 77.9 Å². The quantitative estimate of drug-likeness (QED) is 0.139. The number of nitrogens with one attached hydrogen (secondary N) is 3. The second kappa shape index (κ2) is 13.1. The molecule has 1 aliphatic carbocycles. The van der Waals surface area contributed by atoms with Gasteiger partial charge in [0.05, 0.1) is 23.0 Å². The van der Waals surface area contributed by atoms with Crippen LogP contribution in [-0.2, 0) is 9.59 Å². The molecular formula is C30H30N4O5. The van der Waals surface area contributed by atoms with Crippen LogP contribution in [0.1, 0.15) is 63.9 Å². The molecule has 1 saturated carbocycles. The molecule has 200 valence electrons. The topological polar surface area (TPSA) is 126 Å². The maximum atomic E-state index is 12.8. The van der Waals surface area contributed by atoms with Crippen molar-refractivity contribution in [2.24, 2.45) is 5.10 Å². The Hall–Kier alpha value is -4.79. The Labute approximate surface area is 226 Å². The zero-order valence-electron chi connectivity index (χ0n) is 21.6. The number of aryl methyl sites for hydroxylation is 1. The van der Waals surface area contributed by atoms with E-state index in [0.29, 0.717) is 16.9 Å². The van der Waals surface area contributed by atoms with E-state index in [9.17, 15) is 19.2 Å². The Balaban J connectivity index is 1.28. The minimum absolute atomic E-state index is 0.113. The lowest BCUT2D eigenvalue weighted by atomic mass is 9.95. The molecule has 0 aliphatic heterocycles. The van der Waals surface area contributed by atoms with Crippen LogP contribution in [-0.4, -0.2) is 35.9 Å². The molecule has 0 spiro atoms. The van der Waals surface area contributed by atoms with Crippen molar-refractivity contribution in [1.82, 2.24) is 10.7 Å². The molecule has 0 saturated heterocycles. The summed E-state index contributed by atoms with van der Waals surface area (Å²) >= 11 is 0. The molecule has 3 amide bonds. The molecule has 0 bridgehead atoms. The van der Waals surface area contributed by atoms with Gasteiger partial charge < -0.3 is 15.4 Å². The van der Waals surface area contributed by atoms with E-state index in [4.69, 9.17) is 4.74 Å². The van der Waals surface area contributed by atoms with Crippen molar-refractivity contribution in [3.63, 3.8) is 0 Å². The molecule has 0 heterocycles. The molecular weight excluding hydrogens is 496 g/mol. The number of hydrazone groups is 1. The number of hydrogen-bond acceptors (Lipinski definition) is 6. The minimum atomic E-state index is -0.989. The van der Waals surface area contributed by atoms with E-state index in [-0.39, 0.29) is 23.2 Å². The van der Waals surface area contributed by atoms with E-state index in [1.165, 1.54) is 12.6 Å². The number of ether oxygens (including phenoxy) is 1. The maximum Gasteiger partial charge on any atom is 0.343 e. The number of anilines is 1. The second-order valence-corrected chi connectivity index (χ2v) is 9.33. The fourth-order valence-corrected chi connectivity index (χ4v) is 4.17. The summed E-state index contributed by atoms with van der Waals surface area (Å²) in [6, 6.07) is 20.2. The summed E-state index contributed by atoms with van der Waals surface area (Å²) in [5.74, 6) is -2.35. The van der Waals surface area contributed by atoms with Crippen LogP contribution in [0.3, 0.4) is 0 Å². The van der Waals surface area contributed by atoms with Crippen molar-refractivity contribution >= 4 is 35.6 Å². The Kier molecular flexibility index (Phi) is 9.18. The molecule has 0 radical (unpaired) electrons. The first-order valence-electron chi connectivity index (χ1n) is 12.8. The Bertz CT molecular complexity index is 1360. The lowest BCUT2D eigenvalue weighted by molar-refractivity contribution is -0.136. The maximum absolute atomic E-state index is 12.8. The third-order valence-electron chi connectivity index (χ3n) is 6.32. The lowest BCUT2D eigenvalue weighted by Gasteiger charge is -2.23. The van der Waals surface area contributed by atoms with Crippen LogP contribution < -0.4 is 20.8 Å². The highest BCUT2D eigenvalue weighted by atomic mass is 16.5. The van der Waals surface area contributed by atoms with E-state index >= 15 is 0 Å². The zero-order valence-corrected chi connectivity index (χ0v) is 21.6. The van der Waals surface area contributed by atoms with Gasteiger partial charge in [0, 0.05) is 6.04 Å². The van der Waals surface area contributed by atoms with Gasteiger partial charge >= 0.3 is 17.8 Å². The number of carbonyl (C=O) groups is 4. The Morgan fingerprint density at radius 3 is 2.26 bits per heavy atom. The molecule has 3 N–H and O–H groups in total. The molecule has 0 aromatic heterocycles. The minimum Gasteiger partial charge on any atom is -0.423 e. The van der Waals surface area contributed by atoms with Gasteiger partial charge in [-0.15, -0.1) is 0 Å². The first-order valence-corrected chi connectivity index (χ1v) is 12.8.